The summed E-state index contributed by atoms with van der Waals surface area (Å²) in [4.78, 5) is 24.5. The fraction of sp³-hybridized carbons (Fsp3) is 0.733. The third-order valence-electron chi connectivity index (χ3n) is 7.50. The van der Waals surface area contributed by atoms with Gasteiger partial charge in [0.05, 0.1) is 25.2 Å². The highest BCUT2D eigenvalue weighted by atomic mass is 79.9. The molecule has 40 heavy (non-hydrogen) atoms. The molecule has 232 valence electrons. The number of primary amides is 1. The molecule has 0 aliphatic heterocycles. The van der Waals surface area contributed by atoms with Crippen LogP contribution < -0.4 is 26.3 Å². The molecule has 0 aliphatic rings. The van der Waals surface area contributed by atoms with E-state index >= 15 is 0 Å². The van der Waals surface area contributed by atoms with Crippen LogP contribution in [0.2, 0.25) is 0 Å². The van der Waals surface area contributed by atoms with Gasteiger partial charge in [-0.25, -0.2) is 0 Å². The molecular weight excluding hydrogens is 578 g/mol. The van der Waals surface area contributed by atoms with E-state index in [0.29, 0.717) is 37.1 Å². The lowest BCUT2D eigenvalue weighted by Gasteiger charge is -2.30. The van der Waals surface area contributed by atoms with Crippen molar-refractivity contribution >= 4 is 28.8 Å². The quantitative estimate of drug-likeness (QED) is 0.169. The van der Waals surface area contributed by atoms with Crippen molar-refractivity contribution in [3.63, 3.8) is 0 Å². The third-order valence-corrected chi connectivity index (χ3v) is 7.50. The average Bonchev–Trinajstić information content (AvgIpc) is 2.87. The molecule has 0 fully saturated rings. The zero-order valence-corrected chi connectivity index (χ0v) is 27.4. The molecule has 1 aromatic rings. The normalized spacial score (nSPS) is 14.7. The van der Waals surface area contributed by atoms with E-state index in [1.807, 2.05) is 32.0 Å². The predicted molar refractivity (Wildman–Crippen MR) is 165 cm³/mol. The van der Waals surface area contributed by atoms with Crippen LogP contribution in [-0.2, 0) is 20.7 Å². The summed E-state index contributed by atoms with van der Waals surface area (Å²) < 4.78 is 16.5. The molecule has 0 saturated carbocycles. The fourth-order valence-electron chi connectivity index (χ4n) is 4.39. The van der Waals surface area contributed by atoms with E-state index in [0.717, 1.165) is 18.4 Å². The summed E-state index contributed by atoms with van der Waals surface area (Å²) in [6.07, 6.45) is 1.56. The molecule has 2 amide bonds. The van der Waals surface area contributed by atoms with E-state index in [1.54, 1.807) is 28.1 Å². The number of carbonyl (C=O) groups is 2. The van der Waals surface area contributed by atoms with Crippen LogP contribution in [0.4, 0.5) is 0 Å². The van der Waals surface area contributed by atoms with Gasteiger partial charge in [-0.05, 0) is 68.6 Å². The summed E-state index contributed by atoms with van der Waals surface area (Å²) in [5.74, 6) is 0.792. The number of hydrogen-bond donors (Lipinski definition) is 4. The predicted octanol–water partition coefficient (Wildman–Crippen LogP) is 3.87. The van der Waals surface area contributed by atoms with Gasteiger partial charge in [-0.2, -0.15) is 0 Å². The molecule has 4 atom stereocenters. The maximum atomic E-state index is 12.9. The second kappa shape index (κ2) is 18.5. The molecule has 9 nitrogen and oxygen atoms in total. The molecule has 1 rings (SSSR count). The van der Waals surface area contributed by atoms with Crippen molar-refractivity contribution in [3.8, 4) is 11.5 Å². The Labute approximate surface area is 251 Å². The number of nitrogens with two attached hydrogens (primary N) is 2. The highest BCUT2D eigenvalue weighted by Crippen LogP contribution is 2.32. The van der Waals surface area contributed by atoms with Gasteiger partial charge in [0.2, 0.25) is 11.8 Å². The highest BCUT2D eigenvalue weighted by molar-refractivity contribution is 8.93. The Morgan fingerprint density at radius 2 is 1.68 bits per heavy atom. The minimum atomic E-state index is -0.854. The molecule has 10 heteroatoms. The lowest BCUT2D eigenvalue weighted by atomic mass is 9.80. The highest BCUT2D eigenvalue weighted by Gasteiger charge is 2.32. The van der Waals surface area contributed by atoms with Gasteiger partial charge in [-0.15, -0.1) is 17.0 Å². The number of benzene rings is 1. The lowest BCUT2D eigenvalue weighted by molar-refractivity contribution is -0.130. The van der Waals surface area contributed by atoms with E-state index in [9.17, 15) is 14.7 Å². The first-order valence-electron chi connectivity index (χ1n) is 14.0. The summed E-state index contributed by atoms with van der Waals surface area (Å²) >= 11 is 0. The summed E-state index contributed by atoms with van der Waals surface area (Å²) in [5.41, 5.74) is 12.2. The molecule has 0 radical (unpaired) electrons. The van der Waals surface area contributed by atoms with Gasteiger partial charge in [0.15, 0.2) is 11.5 Å². The van der Waals surface area contributed by atoms with Crippen LogP contribution in [0, 0.1) is 29.1 Å². The zero-order valence-electron chi connectivity index (χ0n) is 25.7. The van der Waals surface area contributed by atoms with Crippen LogP contribution in [0.5, 0.6) is 11.5 Å². The lowest BCUT2D eigenvalue weighted by Crippen LogP contribution is -2.46. The Morgan fingerprint density at radius 1 is 1.02 bits per heavy atom. The largest absolute Gasteiger partial charge is 0.493 e. The van der Waals surface area contributed by atoms with Gasteiger partial charge in [-0.3, -0.25) is 9.59 Å². The molecule has 0 aliphatic carbocycles. The number of methoxy groups -OCH3 is 2. The Morgan fingerprint density at radius 3 is 2.20 bits per heavy atom. The first kappa shape index (κ1) is 38.1. The SMILES string of the molecule is Br.COCCCOc1cc(C[C@@H](C[C@H](N)[C@@H](O)C[C@H](C(=O)NCC(C)(C)C(N)=O)C(C)C)C(C)C)ccc1OC. The fourth-order valence-corrected chi connectivity index (χ4v) is 4.39. The van der Waals surface area contributed by atoms with Gasteiger partial charge in [-0.1, -0.05) is 33.8 Å². The molecule has 0 heterocycles. The topological polar surface area (TPSA) is 146 Å². The molecule has 0 unspecified atom stereocenters. The summed E-state index contributed by atoms with van der Waals surface area (Å²) in [6.45, 7) is 12.9. The summed E-state index contributed by atoms with van der Waals surface area (Å²) in [6, 6.07) is 5.47. The number of aliphatic hydroxyl groups excluding tert-OH is 1. The van der Waals surface area contributed by atoms with Crippen molar-refractivity contribution in [1.82, 2.24) is 5.32 Å². The Bertz CT molecular complexity index is 896. The maximum absolute atomic E-state index is 12.9. The van der Waals surface area contributed by atoms with Crippen molar-refractivity contribution in [1.29, 1.82) is 0 Å². The number of halogens is 1. The van der Waals surface area contributed by atoms with Crippen molar-refractivity contribution < 1.29 is 28.9 Å². The second-order valence-corrected chi connectivity index (χ2v) is 11.9. The summed E-state index contributed by atoms with van der Waals surface area (Å²) in [5, 5.41) is 13.9. The van der Waals surface area contributed by atoms with Gasteiger partial charge in [0.25, 0.3) is 0 Å². The Kier molecular flexibility index (Phi) is 17.7. The van der Waals surface area contributed by atoms with Crippen molar-refractivity contribution in [3.05, 3.63) is 23.8 Å². The van der Waals surface area contributed by atoms with E-state index in [4.69, 9.17) is 25.7 Å². The Hall–Kier alpha value is -1.88. The Balaban J connectivity index is 0.0000152. The van der Waals surface area contributed by atoms with Crippen LogP contribution >= 0.6 is 17.0 Å². The number of hydrogen-bond acceptors (Lipinski definition) is 7. The molecule has 1 aromatic carbocycles. The zero-order chi connectivity index (χ0) is 29.8. The van der Waals surface area contributed by atoms with Crippen LogP contribution in [0.1, 0.15) is 66.4 Å². The van der Waals surface area contributed by atoms with Gasteiger partial charge in [0.1, 0.15) is 0 Å². The first-order chi connectivity index (χ1) is 18.2. The summed E-state index contributed by atoms with van der Waals surface area (Å²) in [7, 11) is 3.29. The first-order valence-corrected chi connectivity index (χ1v) is 14.0. The molecule has 0 aromatic heterocycles. The smallest absolute Gasteiger partial charge is 0.224 e. The molecule has 0 spiro atoms. The molecule has 0 saturated heterocycles. The van der Waals surface area contributed by atoms with E-state index in [1.165, 1.54) is 0 Å². The van der Waals surface area contributed by atoms with E-state index < -0.39 is 29.4 Å². The van der Waals surface area contributed by atoms with Gasteiger partial charge < -0.3 is 36.1 Å². The number of rotatable bonds is 19. The number of ether oxygens (including phenoxy) is 3. The number of carbonyl (C=O) groups excluding carboxylic acids is 2. The van der Waals surface area contributed by atoms with Gasteiger partial charge >= 0.3 is 0 Å². The molecular formula is C30H54BrN3O6. The van der Waals surface area contributed by atoms with Crippen LogP contribution in [0.15, 0.2) is 18.2 Å². The number of aliphatic hydroxyl groups is 1. The van der Waals surface area contributed by atoms with Gasteiger partial charge in [0, 0.05) is 38.6 Å². The van der Waals surface area contributed by atoms with Crippen molar-refractivity contribution in [2.45, 2.75) is 79.4 Å². The van der Waals surface area contributed by atoms with Crippen LogP contribution in [0.3, 0.4) is 0 Å². The minimum Gasteiger partial charge on any atom is -0.493 e. The van der Waals surface area contributed by atoms with Crippen molar-refractivity contribution in [2.75, 3.05) is 34.0 Å². The average molecular weight is 633 g/mol. The van der Waals surface area contributed by atoms with Crippen LogP contribution in [0.25, 0.3) is 0 Å². The standard InChI is InChI=1S/C30H53N3O6.BrH/c1-19(2)22(14-21-10-11-26(38-8)27(15-21)39-13-9-12-37-7)16-24(31)25(34)17-23(20(3)4)28(35)33-18-30(5,6)29(32)36;/h10-11,15,19-20,22-25,34H,9,12-14,16-18,31H2,1-8H3,(H2,32,36)(H,33,35);1H/t22-,23-,24-,25-;/m0./s1. The minimum absolute atomic E-state index is 0. The van der Waals surface area contributed by atoms with E-state index in [-0.39, 0.29) is 47.7 Å². The number of nitrogens with one attached hydrogen (secondary N) is 1. The molecule has 0 bridgehead atoms. The third kappa shape index (κ3) is 12.7. The van der Waals surface area contributed by atoms with Crippen molar-refractivity contribution in [2.24, 2.45) is 40.6 Å². The monoisotopic (exact) mass is 631 g/mol. The maximum Gasteiger partial charge on any atom is 0.224 e. The number of amides is 2. The van der Waals surface area contributed by atoms with Crippen LogP contribution in [-0.4, -0.2) is 63.0 Å². The second-order valence-electron chi connectivity index (χ2n) is 11.9. The van der Waals surface area contributed by atoms with E-state index in [2.05, 4.69) is 19.2 Å². The molecule has 6 N–H and O–H groups in total.